The molecule has 4 atom stereocenters. The van der Waals surface area contributed by atoms with E-state index in [1.54, 1.807) is 0 Å². The number of carboxylic acid groups (broad SMARTS) is 1. The normalized spacial score (nSPS) is 24.9. The van der Waals surface area contributed by atoms with Gasteiger partial charge in [-0.3, -0.25) is 4.79 Å². The Balaban J connectivity index is 1.15. The first kappa shape index (κ1) is 23.1. The van der Waals surface area contributed by atoms with Gasteiger partial charge in [0.25, 0.3) is 0 Å². The van der Waals surface area contributed by atoms with E-state index in [9.17, 15) is 19.5 Å². The summed E-state index contributed by atoms with van der Waals surface area (Å²) < 4.78 is 10.8. The van der Waals surface area contributed by atoms with Crippen LogP contribution in [0.5, 0.6) is 0 Å². The average molecular weight is 477 g/mol. The lowest BCUT2D eigenvalue weighted by atomic mass is 9.90. The zero-order valence-corrected chi connectivity index (χ0v) is 19.2. The van der Waals surface area contributed by atoms with E-state index in [-0.39, 0.29) is 30.4 Å². The van der Waals surface area contributed by atoms with Gasteiger partial charge in [0.15, 0.2) is 6.10 Å². The molecule has 8 heteroatoms. The number of aliphatic carboxylic acids is 1. The number of carbonyl (C=O) groups excluding carboxylic acids is 2. The molecule has 3 N–H and O–H groups in total. The summed E-state index contributed by atoms with van der Waals surface area (Å²) in [7, 11) is 0. The van der Waals surface area contributed by atoms with Crippen molar-refractivity contribution in [2.45, 2.75) is 43.4 Å². The highest BCUT2D eigenvalue weighted by atomic mass is 16.5. The fourth-order valence-corrected chi connectivity index (χ4v) is 5.28. The van der Waals surface area contributed by atoms with Gasteiger partial charge in [-0.15, -0.1) is 0 Å². The zero-order valence-electron chi connectivity index (χ0n) is 19.2. The van der Waals surface area contributed by atoms with Crippen molar-refractivity contribution in [1.29, 1.82) is 0 Å². The minimum atomic E-state index is -1.08. The molecule has 2 aromatic carbocycles. The molecule has 1 heterocycles. The molecule has 5 rings (SSSR count). The van der Waals surface area contributed by atoms with E-state index >= 15 is 0 Å². The summed E-state index contributed by atoms with van der Waals surface area (Å²) in [6.07, 6.45) is 3.58. The van der Waals surface area contributed by atoms with Crippen LogP contribution in [0.3, 0.4) is 0 Å². The third kappa shape index (κ3) is 4.79. The van der Waals surface area contributed by atoms with Crippen LogP contribution in [0.1, 0.15) is 36.3 Å². The predicted molar refractivity (Wildman–Crippen MR) is 128 cm³/mol. The molecular weight excluding hydrogens is 448 g/mol. The quantitative estimate of drug-likeness (QED) is 0.552. The summed E-state index contributed by atoms with van der Waals surface area (Å²) in [5.74, 6) is -1.69. The van der Waals surface area contributed by atoms with Crippen LogP contribution in [0.15, 0.2) is 60.7 Å². The molecule has 1 fully saturated rings. The number of rotatable bonds is 6. The van der Waals surface area contributed by atoms with Crippen LogP contribution in [-0.2, 0) is 19.1 Å². The molecule has 2 unspecified atom stereocenters. The van der Waals surface area contributed by atoms with Gasteiger partial charge in [0.05, 0.1) is 12.1 Å². The van der Waals surface area contributed by atoms with Crippen LogP contribution in [0, 0.1) is 5.92 Å². The molecule has 2 aliphatic carbocycles. The Morgan fingerprint density at radius 2 is 1.69 bits per heavy atom. The summed E-state index contributed by atoms with van der Waals surface area (Å²) in [6, 6.07) is 15.4. The lowest BCUT2D eigenvalue weighted by Crippen LogP contribution is -2.48. The van der Waals surface area contributed by atoms with Crippen molar-refractivity contribution in [3.63, 3.8) is 0 Å². The Morgan fingerprint density at radius 1 is 1.00 bits per heavy atom. The summed E-state index contributed by atoms with van der Waals surface area (Å²) in [5, 5.41) is 14.9. The highest BCUT2D eigenvalue weighted by Crippen LogP contribution is 2.44. The number of hydrogen-bond donors (Lipinski definition) is 3. The fraction of sp³-hybridized carbons (Fsp3) is 0.370. The molecule has 8 nitrogen and oxygen atoms in total. The number of amides is 2. The second kappa shape index (κ2) is 9.92. The number of allylic oxidation sites excluding steroid dienone is 1. The molecule has 1 saturated heterocycles. The molecule has 182 valence electrons. The maximum Gasteiger partial charge on any atom is 0.407 e. The maximum absolute atomic E-state index is 12.7. The Labute approximate surface area is 203 Å². The molecule has 2 amide bonds. The molecular formula is C27H28N2O6. The lowest BCUT2D eigenvalue weighted by molar-refractivity contribution is -0.148. The lowest BCUT2D eigenvalue weighted by Gasteiger charge is -2.26. The van der Waals surface area contributed by atoms with Crippen molar-refractivity contribution < 1.29 is 29.0 Å². The van der Waals surface area contributed by atoms with Crippen LogP contribution in [0.25, 0.3) is 11.1 Å². The predicted octanol–water partition coefficient (Wildman–Crippen LogP) is 3.22. The molecule has 35 heavy (non-hydrogen) atoms. The molecule has 0 spiro atoms. The van der Waals surface area contributed by atoms with Crippen LogP contribution in [0.4, 0.5) is 4.79 Å². The smallest absolute Gasteiger partial charge is 0.407 e. The van der Waals surface area contributed by atoms with Crippen molar-refractivity contribution in [2.75, 3.05) is 13.2 Å². The minimum absolute atomic E-state index is 0.0237. The molecule has 0 bridgehead atoms. The average Bonchev–Trinajstić information content (AvgIpc) is 3.45. The number of hydrogen-bond acceptors (Lipinski definition) is 5. The van der Waals surface area contributed by atoms with Crippen LogP contribution >= 0.6 is 0 Å². The zero-order chi connectivity index (χ0) is 24.4. The minimum Gasteiger partial charge on any atom is -0.479 e. The van der Waals surface area contributed by atoms with Crippen LogP contribution in [-0.4, -0.2) is 54.5 Å². The number of alkyl carbamates (subject to hydrolysis) is 1. The van der Waals surface area contributed by atoms with Crippen LogP contribution < -0.4 is 10.6 Å². The molecule has 3 aliphatic rings. The SMILES string of the molecule is O=C(N[C@@H]1C=CC[C@@H](C(=O)NC2CCOC2C(=O)O)C1)OCC1c2ccccc2-c2ccccc21. The van der Waals surface area contributed by atoms with E-state index in [0.717, 1.165) is 11.1 Å². The Hall–Kier alpha value is -3.65. The standard InChI is InChI=1S/C27H28N2O6/c30-25(29-23-12-13-34-24(23)26(31)32)16-6-5-7-17(14-16)28-27(33)35-15-22-20-10-3-1-8-18(20)19-9-2-4-11-21(19)22/h1-5,7-11,16-17,22-24H,6,12-15H2,(H,28,33)(H,29,30)(H,31,32)/t16-,17-,23?,24?/m1/s1. The van der Waals surface area contributed by atoms with Gasteiger partial charge in [-0.2, -0.15) is 0 Å². The molecule has 0 saturated carbocycles. The van der Waals surface area contributed by atoms with Crippen molar-refractivity contribution >= 4 is 18.0 Å². The third-order valence-corrected chi connectivity index (χ3v) is 7.01. The molecule has 0 radical (unpaired) electrons. The first-order valence-electron chi connectivity index (χ1n) is 11.9. The van der Waals surface area contributed by atoms with E-state index in [2.05, 4.69) is 34.9 Å². The van der Waals surface area contributed by atoms with Gasteiger partial charge in [0.2, 0.25) is 5.91 Å². The first-order chi connectivity index (χ1) is 17.0. The number of benzene rings is 2. The second-order valence-electron chi connectivity index (χ2n) is 9.21. The Morgan fingerprint density at radius 3 is 2.37 bits per heavy atom. The van der Waals surface area contributed by atoms with Crippen molar-refractivity contribution in [2.24, 2.45) is 5.92 Å². The number of carboxylic acids is 1. The van der Waals surface area contributed by atoms with Crippen molar-refractivity contribution in [1.82, 2.24) is 10.6 Å². The monoisotopic (exact) mass is 476 g/mol. The Kier molecular flexibility index (Phi) is 6.55. The number of nitrogens with one attached hydrogen (secondary N) is 2. The molecule has 1 aliphatic heterocycles. The van der Waals surface area contributed by atoms with E-state index in [0.29, 0.717) is 25.9 Å². The number of fused-ring (bicyclic) bond motifs is 3. The summed E-state index contributed by atoms with van der Waals surface area (Å²) in [5.41, 5.74) is 4.62. The second-order valence-corrected chi connectivity index (χ2v) is 9.21. The van der Waals surface area contributed by atoms with E-state index < -0.39 is 24.2 Å². The summed E-state index contributed by atoms with van der Waals surface area (Å²) >= 11 is 0. The fourth-order valence-electron chi connectivity index (χ4n) is 5.28. The van der Waals surface area contributed by atoms with E-state index in [4.69, 9.17) is 9.47 Å². The van der Waals surface area contributed by atoms with Gasteiger partial charge >= 0.3 is 12.1 Å². The number of carbonyl (C=O) groups is 3. The molecule has 0 aromatic heterocycles. The highest BCUT2D eigenvalue weighted by Gasteiger charge is 2.37. The van der Waals surface area contributed by atoms with Crippen LogP contribution in [0.2, 0.25) is 0 Å². The molecule has 2 aromatic rings. The van der Waals surface area contributed by atoms with Gasteiger partial charge < -0.3 is 25.2 Å². The topological polar surface area (TPSA) is 114 Å². The highest BCUT2D eigenvalue weighted by molar-refractivity contribution is 5.82. The van der Waals surface area contributed by atoms with Crippen molar-refractivity contribution in [3.8, 4) is 11.1 Å². The van der Waals surface area contributed by atoms with E-state index in [1.165, 1.54) is 11.1 Å². The number of ether oxygens (including phenoxy) is 2. The largest absolute Gasteiger partial charge is 0.479 e. The summed E-state index contributed by atoms with van der Waals surface area (Å²) in [4.78, 5) is 36.7. The van der Waals surface area contributed by atoms with Gasteiger partial charge in [-0.05, 0) is 41.5 Å². The van der Waals surface area contributed by atoms with Gasteiger partial charge in [-0.25, -0.2) is 9.59 Å². The first-order valence-corrected chi connectivity index (χ1v) is 11.9. The third-order valence-electron chi connectivity index (χ3n) is 7.01. The Bertz CT molecular complexity index is 1120. The summed E-state index contributed by atoms with van der Waals surface area (Å²) in [6.45, 7) is 0.525. The van der Waals surface area contributed by atoms with E-state index in [1.807, 2.05) is 36.4 Å². The van der Waals surface area contributed by atoms with Gasteiger partial charge in [-0.1, -0.05) is 60.7 Å². The van der Waals surface area contributed by atoms with Gasteiger partial charge in [0.1, 0.15) is 6.61 Å². The van der Waals surface area contributed by atoms with Crippen molar-refractivity contribution in [3.05, 3.63) is 71.8 Å². The van der Waals surface area contributed by atoms with Gasteiger partial charge in [0, 0.05) is 18.4 Å². The maximum atomic E-state index is 12.7.